The number of esters is 1. The largest absolute Gasteiger partial charge is 0.494 e. The van der Waals surface area contributed by atoms with Crippen molar-refractivity contribution in [3.8, 4) is 11.6 Å². The molecule has 7 heteroatoms. The summed E-state index contributed by atoms with van der Waals surface area (Å²) in [6.45, 7) is 4.99. The molecule has 0 aliphatic heterocycles. The van der Waals surface area contributed by atoms with E-state index in [1.165, 1.54) is 11.8 Å². The van der Waals surface area contributed by atoms with Crippen LogP contribution in [-0.2, 0) is 11.3 Å². The highest BCUT2D eigenvalue weighted by molar-refractivity contribution is 5.89. The summed E-state index contributed by atoms with van der Waals surface area (Å²) in [6.07, 6.45) is 0. The number of aromatic nitrogens is 3. The number of hydrogen-bond donors (Lipinski definition) is 0. The minimum Gasteiger partial charge on any atom is -0.494 e. The van der Waals surface area contributed by atoms with Crippen molar-refractivity contribution in [3.05, 3.63) is 35.5 Å². The van der Waals surface area contributed by atoms with Crippen molar-refractivity contribution < 1.29 is 19.0 Å². The number of carbonyl (C=O) groups is 1. The molecule has 2 rings (SSSR count). The van der Waals surface area contributed by atoms with Gasteiger partial charge in [-0.3, -0.25) is 0 Å². The Labute approximate surface area is 128 Å². The number of hydrogen-bond acceptors (Lipinski definition) is 6. The van der Waals surface area contributed by atoms with Gasteiger partial charge in [0.05, 0.1) is 26.9 Å². The zero-order valence-corrected chi connectivity index (χ0v) is 12.9. The van der Waals surface area contributed by atoms with Crippen LogP contribution in [0.5, 0.6) is 11.6 Å². The fraction of sp³-hybridized carbons (Fsp3) is 0.400. The molecule has 0 amide bonds. The Hall–Kier alpha value is -2.57. The SMILES string of the molecule is CCOC(=O)c1nnn(Cc2ccc(OCC)cc2)c1OC. The average molecular weight is 305 g/mol. The van der Waals surface area contributed by atoms with Crippen molar-refractivity contribution in [3.63, 3.8) is 0 Å². The van der Waals surface area contributed by atoms with Gasteiger partial charge in [0, 0.05) is 0 Å². The standard InChI is InChI=1S/C15H19N3O4/c1-4-21-12-8-6-11(7-9-12)10-18-14(20-3)13(16-17-18)15(19)22-5-2/h6-9H,4-5,10H2,1-3H3. The lowest BCUT2D eigenvalue weighted by Crippen LogP contribution is -2.09. The number of carbonyl (C=O) groups excluding carboxylic acids is 1. The highest BCUT2D eigenvalue weighted by atomic mass is 16.5. The predicted molar refractivity (Wildman–Crippen MR) is 79.2 cm³/mol. The van der Waals surface area contributed by atoms with Crippen LogP contribution < -0.4 is 9.47 Å². The molecule has 7 nitrogen and oxygen atoms in total. The lowest BCUT2D eigenvalue weighted by molar-refractivity contribution is 0.0515. The van der Waals surface area contributed by atoms with E-state index in [1.54, 1.807) is 6.92 Å². The fourth-order valence-corrected chi connectivity index (χ4v) is 1.97. The Bertz CT molecular complexity index is 622. The van der Waals surface area contributed by atoms with Gasteiger partial charge in [0.1, 0.15) is 5.75 Å². The van der Waals surface area contributed by atoms with Crippen LogP contribution in [0.4, 0.5) is 0 Å². The Kier molecular flexibility index (Phi) is 5.35. The number of ether oxygens (including phenoxy) is 3. The van der Waals surface area contributed by atoms with Crippen LogP contribution in [0.2, 0.25) is 0 Å². The zero-order chi connectivity index (χ0) is 15.9. The lowest BCUT2D eigenvalue weighted by atomic mass is 10.2. The number of rotatable bonds is 7. The smallest absolute Gasteiger partial charge is 0.364 e. The topological polar surface area (TPSA) is 75.5 Å². The summed E-state index contributed by atoms with van der Waals surface area (Å²) in [4.78, 5) is 11.8. The third kappa shape index (κ3) is 3.55. The number of nitrogens with zero attached hydrogens (tertiary/aromatic N) is 3. The van der Waals surface area contributed by atoms with Gasteiger partial charge in [0.2, 0.25) is 11.6 Å². The first-order valence-corrected chi connectivity index (χ1v) is 7.05. The average Bonchev–Trinajstić information content (AvgIpc) is 2.92. The predicted octanol–water partition coefficient (Wildman–Crippen LogP) is 1.91. The molecule has 1 aromatic heterocycles. The monoisotopic (exact) mass is 305 g/mol. The van der Waals surface area contributed by atoms with Crippen molar-refractivity contribution in [1.29, 1.82) is 0 Å². The Balaban J connectivity index is 2.17. The minimum absolute atomic E-state index is 0.0790. The van der Waals surface area contributed by atoms with Gasteiger partial charge in [0.25, 0.3) is 0 Å². The van der Waals surface area contributed by atoms with Crippen LogP contribution in [0.1, 0.15) is 29.9 Å². The van der Waals surface area contributed by atoms with Gasteiger partial charge in [-0.2, -0.15) is 0 Å². The second kappa shape index (κ2) is 7.44. The molecule has 0 spiro atoms. The third-order valence-electron chi connectivity index (χ3n) is 2.92. The molecule has 0 aliphatic carbocycles. The van der Waals surface area contributed by atoms with Crippen LogP contribution in [0.3, 0.4) is 0 Å². The second-order valence-corrected chi connectivity index (χ2v) is 4.40. The maximum absolute atomic E-state index is 11.8. The van der Waals surface area contributed by atoms with Gasteiger partial charge in [-0.15, -0.1) is 5.10 Å². The van der Waals surface area contributed by atoms with Crippen molar-refractivity contribution in [2.24, 2.45) is 0 Å². The molecule has 0 fully saturated rings. The summed E-state index contributed by atoms with van der Waals surface area (Å²) in [5, 5.41) is 7.79. The molecule has 118 valence electrons. The van der Waals surface area contributed by atoms with E-state index in [0.717, 1.165) is 11.3 Å². The van der Waals surface area contributed by atoms with Crippen molar-refractivity contribution in [1.82, 2.24) is 15.0 Å². The van der Waals surface area contributed by atoms with Crippen molar-refractivity contribution in [2.75, 3.05) is 20.3 Å². The summed E-state index contributed by atoms with van der Waals surface area (Å²) >= 11 is 0. The van der Waals surface area contributed by atoms with Crippen LogP contribution >= 0.6 is 0 Å². The van der Waals surface area contributed by atoms with Crippen LogP contribution in [0, 0.1) is 0 Å². The van der Waals surface area contributed by atoms with Crippen molar-refractivity contribution in [2.45, 2.75) is 20.4 Å². The van der Waals surface area contributed by atoms with E-state index < -0.39 is 5.97 Å². The molecule has 1 heterocycles. The van der Waals surface area contributed by atoms with E-state index in [2.05, 4.69) is 10.3 Å². The Morgan fingerprint density at radius 3 is 2.50 bits per heavy atom. The highest BCUT2D eigenvalue weighted by Crippen LogP contribution is 2.19. The molecular weight excluding hydrogens is 286 g/mol. The van der Waals surface area contributed by atoms with Crippen molar-refractivity contribution >= 4 is 5.97 Å². The van der Waals surface area contributed by atoms with Gasteiger partial charge in [0.15, 0.2) is 0 Å². The van der Waals surface area contributed by atoms with Crippen LogP contribution in [0.15, 0.2) is 24.3 Å². The molecule has 0 radical (unpaired) electrons. The molecule has 1 aromatic carbocycles. The molecule has 0 bridgehead atoms. The van der Waals surface area contributed by atoms with E-state index in [9.17, 15) is 4.79 Å². The molecule has 0 unspecified atom stereocenters. The summed E-state index contributed by atoms with van der Waals surface area (Å²) in [5.41, 5.74) is 1.07. The van der Waals surface area contributed by atoms with E-state index >= 15 is 0 Å². The summed E-state index contributed by atoms with van der Waals surface area (Å²) in [6, 6.07) is 7.62. The minimum atomic E-state index is -0.544. The molecule has 0 atom stereocenters. The van der Waals surface area contributed by atoms with Gasteiger partial charge >= 0.3 is 5.97 Å². The maximum atomic E-state index is 11.8. The number of benzene rings is 1. The Morgan fingerprint density at radius 1 is 1.18 bits per heavy atom. The highest BCUT2D eigenvalue weighted by Gasteiger charge is 2.21. The summed E-state index contributed by atoms with van der Waals surface area (Å²) in [5.74, 6) is 0.550. The normalized spacial score (nSPS) is 10.3. The van der Waals surface area contributed by atoms with E-state index in [-0.39, 0.29) is 18.2 Å². The fourth-order valence-electron chi connectivity index (χ4n) is 1.97. The molecule has 22 heavy (non-hydrogen) atoms. The third-order valence-corrected chi connectivity index (χ3v) is 2.92. The van der Waals surface area contributed by atoms with Gasteiger partial charge < -0.3 is 14.2 Å². The molecule has 0 N–H and O–H groups in total. The van der Waals surface area contributed by atoms with E-state index in [1.807, 2.05) is 31.2 Å². The number of methoxy groups -OCH3 is 1. The zero-order valence-electron chi connectivity index (χ0n) is 12.9. The summed E-state index contributed by atoms with van der Waals surface area (Å²) in [7, 11) is 1.47. The molecule has 0 saturated carbocycles. The van der Waals surface area contributed by atoms with Gasteiger partial charge in [-0.05, 0) is 31.5 Å². The van der Waals surface area contributed by atoms with Gasteiger partial charge in [-0.1, -0.05) is 17.3 Å². The first kappa shape index (κ1) is 15.8. The first-order valence-electron chi connectivity index (χ1n) is 7.05. The van der Waals surface area contributed by atoms with Crippen LogP contribution in [-0.4, -0.2) is 41.3 Å². The summed E-state index contributed by atoms with van der Waals surface area (Å²) < 4.78 is 17.1. The Morgan fingerprint density at radius 2 is 1.91 bits per heavy atom. The first-order chi connectivity index (χ1) is 10.7. The lowest BCUT2D eigenvalue weighted by Gasteiger charge is -2.07. The maximum Gasteiger partial charge on any atom is 0.364 e. The molecular formula is C15H19N3O4. The molecule has 2 aromatic rings. The quantitative estimate of drug-likeness (QED) is 0.727. The van der Waals surface area contributed by atoms with E-state index in [0.29, 0.717) is 13.2 Å². The van der Waals surface area contributed by atoms with Gasteiger partial charge in [-0.25, -0.2) is 9.48 Å². The molecule has 0 aliphatic rings. The second-order valence-electron chi connectivity index (χ2n) is 4.40. The molecule has 0 saturated heterocycles. The van der Waals surface area contributed by atoms with Crippen LogP contribution in [0.25, 0.3) is 0 Å². The van der Waals surface area contributed by atoms with E-state index in [4.69, 9.17) is 14.2 Å².